The van der Waals surface area contributed by atoms with Crippen molar-refractivity contribution >= 4 is 17.7 Å². The normalized spacial score (nSPS) is 12.6. The quantitative estimate of drug-likeness (QED) is 0.454. The number of aromatic hydroxyl groups is 1. The number of carboxylic acids is 1. The number of amides is 1. The fraction of sp³-hybridized carbons (Fsp3) is 0.0833. The van der Waals surface area contributed by atoms with Crippen LogP contribution in [-0.2, 0) is 9.53 Å². The van der Waals surface area contributed by atoms with Crippen LogP contribution in [0.25, 0.3) is 0 Å². The maximum Gasteiger partial charge on any atom is 0.412 e. The van der Waals surface area contributed by atoms with Gasteiger partial charge in [-0.25, -0.2) is 9.59 Å². The van der Waals surface area contributed by atoms with Gasteiger partial charge in [-0.05, 0) is 48.0 Å². The summed E-state index contributed by atoms with van der Waals surface area (Å²) in [4.78, 5) is 23.7. The van der Waals surface area contributed by atoms with Gasteiger partial charge in [0.15, 0.2) is 12.2 Å². The Hall–Kier alpha value is -4.26. The highest BCUT2D eigenvalue weighted by molar-refractivity contribution is 5.84. The lowest BCUT2D eigenvalue weighted by molar-refractivity contribution is -0.131. The summed E-state index contributed by atoms with van der Waals surface area (Å²) in [5, 5.41) is 21.4. The third-order valence-corrected chi connectivity index (χ3v) is 4.22. The van der Waals surface area contributed by atoms with Crippen LogP contribution in [0.4, 0.5) is 10.5 Å². The highest BCUT2D eigenvalue weighted by Crippen LogP contribution is 2.28. The topological polar surface area (TPSA) is 105 Å². The van der Waals surface area contributed by atoms with Crippen LogP contribution < -0.4 is 10.1 Å². The molecule has 0 fully saturated rings. The molecule has 3 rings (SSSR count). The molecular formula is C24H21NO6. The lowest BCUT2D eigenvalue weighted by atomic mass is 10.0. The number of carbonyl (C=O) groups excluding carboxylic acids is 1. The molecule has 3 aromatic rings. The number of aliphatic carboxylic acids is 1. The maximum absolute atomic E-state index is 12.6. The largest absolute Gasteiger partial charge is 0.508 e. The summed E-state index contributed by atoms with van der Waals surface area (Å²) >= 11 is 0. The van der Waals surface area contributed by atoms with E-state index >= 15 is 0 Å². The van der Waals surface area contributed by atoms with Crippen molar-refractivity contribution in [1.82, 2.24) is 0 Å². The number of carbonyl (C=O) groups is 2. The number of hydrogen-bond acceptors (Lipinski definition) is 5. The van der Waals surface area contributed by atoms with Gasteiger partial charge in [-0.1, -0.05) is 48.5 Å². The van der Waals surface area contributed by atoms with Crippen molar-refractivity contribution in [2.45, 2.75) is 12.2 Å². The van der Waals surface area contributed by atoms with E-state index in [9.17, 15) is 14.7 Å². The summed E-state index contributed by atoms with van der Waals surface area (Å²) in [6.07, 6.45) is -0.457. The molecule has 3 N–H and O–H groups in total. The first kappa shape index (κ1) is 21.4. The second-order valence-corrected chi connectivity index (χ2v) is 6.50. The molecule has 0 bridgehead atoms. The Morgan fingerprint density at radius 1 is 0.871 bits per heavy atom. The van der Waals surface area contributed by atoms with E-state index in [1.165, 1.54) is 18.2 Å². The van der Waals surface area contributed by atoms with E-state index in [1.54, 1.807) is 60.7 Å². The summed E-state index contributed by atoms with van der Waals surface area (Å²) in [7, 11) is 0. The molecule has 0 unspecified atom stereocenters. The molecule has 0 radical (unpaired) electrons. The molecule has 0 saturated carbocycles. The monoisotopic (exact) mass is 419 g/mol. The fourth-order valence-corrected chi connectivity index (χ4v) is 2.81. The van der Waals surface area contributed by atoms with Gasteiger partial charge >= 0.3 is 12.1 Å². The van der Waals surface area contributed by atoms with Crippen molar-refractivity contribution in [3.8, 4) is 11.5 Å². The first-order chi connectivity index (χ1) is 15.0. The van der Waals surface area contributed by atoms with E-state index in [1.807, 2.05) is 12.1 Å². The number of ether oxygens (including phenoxy) is 2. The van der Waals surface area contributed by atoms with E-state index in [4.69, 9.17) is 14.6 Å². The van der Waals surface area contributed by atoms with Crippen LogP contribution >= 0.6 is 0 Å². The van der Waals surface area contributed by atoms with Gasteiger partial charge in [-0.3, -0.25) is 5.32 Å². The molecule has 0 heterocycles. The Balaban J connectivity index is 1.91. The standard InChI is InChI=1S/C24H21NO6/c26-19-13-11-17(12-14-19)23(31-24(29)25-18-7-3-1-4-8-18)21(15-16-22(27)28)30-20-9-5-2-6-10-20/h1-16,21,23,26H,(H,25,29)(H,27,28)/b16-15+/t21-,23-/m1/s1. The molecule has 158 valence electrons. The summed E-state index contributed by atoms with van der Waals surface area (Å²) in [6, 6.07) is 23.6. The Bertz CT molecular complexity index is 1020. The van der Waals surface area contributed by atoms with E-state index in [2.05, 4.69) is 5.32 Å². The minimum Gasteiger partial charge on any atom is -0.508 e. The zero-order chi connectivity index (χ0) is 22.1. The van der Waals surface area contributed by atoms with Gasteiger partial charge < -0.3 is 19.7 Å². The molecule has 1 amide bonds. The zero-order valence-electron chi connectivity index (χ0n) is 16.4. The molecule has 2 atom stereocenters. The Kier molecular flexibility index (Phi) is 7.26. The summed E-state index contributed by atoms with van der Waals surface area (Å²) < 4.78 is 11.6. The van der Waals surface area contributed by atoms with Gasteiger partial charge in [-0.15, -0.1) is 0 Å². The third-order valence-electron chi connectivity index (χ3n) is 4.22. The van der Waals surface area contributed by atoms with Gasteiger partial charge in [0.2, 0.25) is 0 Å². The average molecular weight is 419 g/mol. The number of hydrogen-bond donors (Lipinski definition) is 3. The van der Waals surface area contributed by atoms with E-state index in [0.29, 0.717) is 17.0 Å². The van der Waals surface area contributed by atoms with E-state index in [-0.39, 0.29) is 5.75 Å². The number of benzene rings is 3. The number of para-hydroxylation sites is 2. The van der Waals surface area contributed by atoms with Crippen molar-refractivity contribution in [2.75, 3.05) is 5.32 Å². The van der Waals surface area contributed by atoms with Crippen LogP contribution in [0.5, 0.6) is 11.5 Å². The zero-order valence-corrected chi connectivity index (χ0v) is 16.4. The molecule has 0 aliphatic rings. The van der Waals surface area contributed by atoms with Crippen molar-refractivity contribution in [2.24, 2.45) is 0 Å². The third kappa shape index (κ3) is 6.64. The number of anilines is 1. The molecule has 0 spiro atoms. The van der Waals surface area contributed by atoms with Gasteiger partial charge in [-0.2, -0.15) is 0 Å². The fourth-order valence-electron chi connectivity index (χ4n) is 2.81. The van der Waals surface area contributed by atoms with E-state index in [0.717, 1.165) is 6.08 Å². The molecule has 0 saturated heterocycles. The first-order valence-electron chi connectivity index (χ1n) is 9.46. The average Bonchev–Trinajstić information content (AvgIpc) is 2.77. The summed E-state index contributed by atoms with van der Waals surface area (Å²) in [5.41, 5.74) is 1.05. The number of phenolic OH excluding ortho intramolecular Hbond substituents is 1. The predicted octanol–water partition coefficient (Wildman–Crippen LogP) is 4.77. The van der Waals surface area contributed by atoms with Crippen LogP contribution in [0.15, 0.2) is 97.1 Å². The van der Waals surface area contributed by atoms with Crippen LogP contribution in [0.1, 0.15) is 11.7 Å². The highest BCUT2D eigenvalue weighted by atomic mass is 16.6. The predicted molar refractivity (Wildman–Crippen MR) is 115 cm³/mol. The van der Waals surface area contributed by atoms with Crippen molar-refractivity contribution in [3.05, 3.63) is 103 Å². The molecule has 0 aliphatic carbocycles. The Morgan fingerprint density at radius 2 is 1.48 bits per heavy atom. The molecule has 0 aromatic heterocycles. The minimum atomic E-state index is -1.17. The molecule has 7 nitrogen and oxygen atoms in total. The summed E-state index contributed by atoms with van der Waals surface area (Å²) in [5.74, 6) is -0.656. The van der Waals surface area contributed by atoms with Crippen molar-refractivity contribution < 1.29 is 29.3 Å². The molecule has 7 heteroatoms. The van der Waals surface area contributed by atoms with Crippen LogP contribution in [0.2, 0.25) is 0 Å². The van der Waals surface area contributed by atoms with Crippen LogP contribution in [0.3, 0.4) is 0 Å². The van der Waals surface area contributed by atoms with Crippen molar-refractivity contribution in [3.63, 3.8) is 0 Å². The van der Waals surface area contributed by atoms with Crippen molar-refractivity contribution in [1.29, 1.82) is 0 Å². The Morgan fingerprint density at radius 3 is 2.10 bits per heavy atom. The van der Waals surface area contributed by atoms with Gasteiger partial charge in [0.1, 0.15) is 11.5 Å². The number of carboxylic acid groups (broad SMARTS) is 1. The highest BCUT2D eigenvalue weighted by Gasteiger charge is 2.28. The first-order valence-corrected chi connectivity index (χ1v) is 9.46. The number of phenols is 1. The lowest BCUT2D eigenvalue weighted by Gasteiger charge is -2.26. The Labute approximate surface area is 179 Å². The lowest BCUT2D eigenvalue weighted by Crippen LogP contribution is -2.29. The molecular weight excluding hydrogens is 398 g/mol. The van der Waals surface area contributed by atoms with Crippen LogP contribution in [0, 0.1) is 0 Å². The minimum absolute atomic E-state index is 0.0397. The smallest absolute Gasteiger partial charge is 0.412 e. The van der Waals surface area contributed by atoms with Gasteiger partial charge in [0.25, 0.3) is 0 Å². The second-order valence-electron chi connectivity index (χ2n) is 6.50. The molecule has 0 aliphatic heterocycles. The maximum atomic E-state index is 12.6. The van der Waals surface area contributed by atoms with Gasteiger partial charge in [0, 0.05) is 11.8 Å². The van der Waals surface area contributed by atoms with E-state index < -0.39 is 24.3 Å². The molecule has 3 aromatic carbocycles. The SMILES string of the molecule is O=C(O)/C=C/[C@@H](Oc1ccccc1)[C@H](OC(=O)Nc1ccccc1)c1ccc(O)cc1. The van der Waals surface area contributed by atoms with Gasteiger partial charge in [0.05, 0.1) is 0 Å². The second kappa shape index (κ2) is 10.5. The number of rotatable bonds is 8. The van der Waals surface area contributed by atoms with Crippen LogP contribution in [-0.4, -0.2) is 28.4 Å². The molecule has 31 heavy (non-hydrogen) atoms. The number of nitrogens with one attached hydrogen (secondary N) is 1. The summed E-state index contributed by atoms with van der Waals surface area (Å²) in [6.45, 7) is 0.